The van der Waals surface area contributed by atoms with Crippen molar-refractivity contribution in [2.24, 2.45) is 5.92 Å². The minimum atomic E-state index is -3.86. The van der Waals surface area contributed by atoms with E-state index in [1.54, 1.807) is 11.3 Å². The molecule has 0 radical (unpaired) electrons. The number of amides is 1. The normalized spacial score (nSPS) is 16.5. The Morgan fingerprint density at radius 2 is 1.92 bits per heavy atom. The molecule has 8 heteroatoms. The third kappa shape index (κ3) is 4.31. The number of thiophene rings is 1. The number of carbonyl (C=O) groups excluding carboxylic acids is 1. The molecule has 1 amide bonds. The molecule has 26 heavy (non-hydrogen) atoms. The topological polar surface area (TPSA) is 66.5 Å². The number of halogens is 1. The van der Waals surface area contributed by atoms with Gasteiger partial charge in [-0.1, -0.05) is 18.2 Å². The van der Waals surface area contributed by atoms with Crippen LogP contribution in [-0.2, 0) is 21.2 Å². The molecular formula is C18H21FN2O3S2. The molecule has 1 aliphatic heterocycles. The fourth-order valence-corrected chi connectivity index (χ4v) is 5.30. The number of carbonyl (C=O) groups is 1. The molecule has 1 aromatic carbocycles. The number of nitrogens with zero attached hydrogens (tertiary/aromatic N) is 1. The Labute approximate surface area is 156 Å². The van der Waals surface area contributed by atoms with Gasteiger partial charge >= 0.3 is 0 Å². The molecule has 2 aromatic rings. The molecule has 0 spiro atoms. The van der Waals surface area contributed by atoms with Crippen LogP contribution in [0.5, 0.6) is 0 Å². The summed E-state index contributed by atoms with van der Waals surface area (Å²) in [6.45, 7) is 1.02. The molecule has 2 heterocycles. The number of hydrogen-bond donors (Lipinski definition) is 1. The lowest BCUT2D eigenvalue weighted by Crippen LogP contribution is -2.43. The zero-order chi connectivity index (χ0) is 18.6. The molecule has 140 valence electrons. The van der Waals surface area contributed by atoms with Gasteiger partial charge < -0.3 is 5.32 Å². The van der Waals surface area contributed by atoms with Crippen LogP contribution >= 0.6 is 11.3 Å². The summed E-state index contributed by atoms with van der Waals surface area (Å²) in [7, 11) is -3.86. The maximum atomic E-state index is 13.8. The number of piperidine rings is 1. The second-order valence-corrected chi connectivity index (χ2v) is 9.17. The number of benzene rings is 1. The van der Waals surface area contributed by atoms with Gasteiger partial charge in [-0.05, 0) is 42.8 Å². The van der Waals surface area contributed by atoms with Crippen LogP contribution in [0.2, 0.25) is 0 Å². The van der Waals surface area contributed by atoms with Crippen LogP contribution in [0.25, 0.3) is 0 Å². The second-order valence-electron chi connectivity index (χ2n) is 6.23. The van der Waals surface area contributed by atoms with Crippen LogP contribution < -0.4 is 5.32 Å². The third-order valence-electron chi connectivity index (χ3n) is 4.53. The van der Waals surface area contributed by atoms with Crippen LogP contribution in [0.3, 0.4) is 0 Å². The molecule has 0 aliphatic carbocycles. The van der Waals surface area contributed by atoms with Gasteiger partial charge in [-0.2, -0.15) is 4.31 Å². The Bertz CT molecular complexity index is 845. The lowest BCUT2D eigenvalue weighted by atomic mass is 9.97. The van der Waals surface area contributed by atoms with E-state index in [1.807, 2.05) is 17.5 Å². The zero-order valence-corrected chi connectivity index (χ0v) is 15.9. The molecule has 0 unspecified atom stereocenters. The van der Waals surface area contributed by atoms with E-state index in [2.05, 4.69) is 5.32 Å². The van der Waals surface area contributed by atoms with Crippen molar-refractivity contribution in [1.29, 1.82) is 0 Å². The Kier molecular flexibility index (Phi) is 6.05. The smallest absolute Gasteiger partial charge is 0.245 e. The van der Waals surface area contributed by atoms with Crippen LogP contribution in [-0.4, -0.2) is 38.3 Å². The van der Waals surface area contributed by atoms with E-state index >= 15 is 0 Å². The zero-order valence-electron chi connectivity index (χ0n) is 14.2. The van der Waals surface area contributed by atoms with Crippen molar-refractivity contribution in [3.8, 4) is 0 Å². The van der Waals surface area contributed by atoms with Gasteiger partial charge in [-0.25, -0.2) is 12.8 Å². The van der Waals surface area contributed by atoms with Crippen molar-refractivity contribution in [3.63, 3.8) is 0 Å². The highest BCUT2D eigenvalue weighted by atomic mass is 32.2. The summed E-state index contributed by atoms with van der Waals surface area (Å²) in [6, 6.07) is 9.38. The monoisotopic (exact) mass is 396 g/mol. The number of sulfonamides is 1. The van der Waals surface area contributed by atoms with E-state index in [4.69, 9.17) is 0 Å². The average Bonchev–Trinajstić information content (AvgIpc) is 3.15. The van der Waals surface area contributed by atoms with Crippen LogP contribution in [0.15, 0.2) is 46.7 Å². The Morgan fingerprint density at radius 3 is 2.58 bits per heavy atom. The minimum absolute atomic E-state index is 0.0375. The second kappa shape index (κ2) is 8.28. The summed E-state index contributed by atoms with van der Waals surface area (Å²) >= 11 is 1.66. The van der Waals surface area contributed by atoms with Gasteiger partial charge in [0.2, 0.25) is 15.9 Å². The van der Waals surface area contributed by atoms with Gasteiger partial charge in [0.15, 0.2) is 0 Å². The quantitative estimate of drug-likeness (QED) is 0.816. The highest BCUT2D eigenvalue weighted by Gasteiger charge is 2.33. The molecule has 1 aromatic heterocycles. The van der Waals surface area contributed by atoms with Crippen molar-refractivity contribution in [1.82, 2.24) is 9.62 Å². The Hall–Kier alpha value is -1.77. The molecule has 1 saturated heterocycles. The summed E-state index contributed by atoms with van der Waals surface area (Å²) in [5, 5.41) is 4.93. The predicted octanol–water partition coefficient (Wildman–Crippen LogP) is 2.65. The summed E-state index contributed by atoms with van der Waals surface area (Å²) < 4.78 is 40.2. The molecule has 3 rings (SSSR count). The van der Waals surface area contributed by atoms with E-state index in [-0.39, 0.29) is 29.8 Å². The van der Waals surface area contributed by atoms with Gasteiger partial charge in [0, 0.05) is 30.4 Å². The maximum absolute atomic E-state index is 13.8. The first-order valence-electron chi connectivity index (χ1n) is 8.53. The molecule has 1 fully saturated rings. The summed E-state index contributed by atoms with van der Waals surface area (Å²) in [5.74, 6) is -0.990. The van der Waals surface area contributed by atoms with E-state index in [1.165, 1.54) is 27.4 Å². The first-order valence-corrected chi connectivity index (χ1v) is 10.9. The minimum Gasteiger partial charge on any atom is -0.355 e. The molecule has 5 nitrogen and oxygen atoms in total. The van der Waals surface area contributed by atoms with Crippen molar-refractivity contribution in [2.45, 2.75) is 24.2 Å². The largest absolute Gasteiger partial charge is 0.355 e. The Balaban J connectivity index is 1.52. The number of rotatable bonds is 6. The van der Waals surface area contributed by atoms with E-state index in [9.17, 15) is 17.6 Å². The highest BCUT2D eigenvalue weighted by molar-refractivity contribution is 7.89. The average molecular weight is 397 g/mol. The molecule has 0 bridgehead atoms. The van der Waals surface area contributed by atoms with E-state index < -0.39 is 15.8 Å². The van der Waals surface area contributed by atoms with Crippen molar-refractivity contribution < 1.29 is 17.6 Å². The van der Waals surface area contributed by atoms with Gasteiger partial charge in [0.05, 0.1) is 0 Å². The standard InChI is InChI=1S/C18H21FN2O3S2/c19-16-5-1-2-6-17(16)26(23,24)21-11-8-14(9-12-21)18(22)20-10-7-15-4-3-13-25-15/h1-6,13-14H,7-12H2,(H,20,22). The summed E-state index contributed by atoms with van der Waals surface area (Å²) in [4.78, 5) is 13.2. The van der Waals surface area contributed by atoms with Gasteiger partial charge in [0.25, 0.3) is 0 Å². The molecule has 1 N–H and O–H groups in total. The molecule has 1 aliphatic rings. The van der Waals surface area contributed by atoms with Gasteiger partial charge in [-0.3, -0.25) is 4.79 Å². The van der Waals surface area contributed by atoms with Crippen molar-refractivity contribution >= 4 is 27.3 Å². The fraction of sp³-hybridized carbons (Fsp3) is 0.389. The molecular weight excluding hydrogens is 375 g/mol. The predicted molar refractivity (Wildman–Crippen MR) is 98.9 cm³/mol. The SMILES string of the molecule is O=C(NCCc1cccs1)C1CCN(S(=O)(=O)c2ccccc2F)CC1. The number of nitrogens with one attached hydrogen (secondary N) is 1. The highest BCUT2D eigenvalue weighted by Crippen LogP contribution is 2.25. The van der Waals surface area contributed by atoms with Gasteiger partial charge in [-0.15, -0.1) is 11.3 Å². The summed E-state index contributed by atoms with van der Waals surface area (Å²) in [6.07, 6.45) is 1.68. The third-order valence-corrected chi connectivity index (χ3v) is 7.40. The fourth-order valence-electron chi connectivity index (χ4n) is 3.06. The van der Waals surface area contributed by atoms with E-state index in [0.717, 1.165) is 12.5 Å². The van der Waals surface area contributed by atoms with Crippen LogP contribution in [0, 0.1) is 11.7 Å². The molecule has 0 atom stereocenters. The Morgan fingerprint density at radius 1 is 1.19 bits per heavy atom. The first kappa shape index (κ1) is 19.0. The van der Waals surface area contributed by atoms with Crippen molar-refractivity contribution in [2.75, 3.05) is 19.6 Å². The van der Waals surface area contributed by atoms with Crippen LogP contribution in [0.4, 0.5) is 4.39 Å². The van der Waals surface area contributed by atoms with Crippen molar-refractivity contribution in [3.05, 3.63) is 52.5 Å². The maximum Gasteiger partial charge on any atom is 0.245 e. The van der Waals surface area contributed by atoms with E-state index in [0.29, 0.717) is 19.4 Å². The lowest BCUT2D eigenvalue weighted by Gasteiger charge is -2.30. The van der Waals surface area contributed by atoms with Crippen LogP contribution in [0.1, 0.15) is 17.7 Å². The number of hydrogen-bond acceptors (Lipinski definition) is 4. The molecule has 0 saturated carbocycles. The van der Waals surface area contributed by atoms with Gasteiger partial charge in [0.1, 0.15) is 10.7 Å². The summed E-state index contributed by atoms with van der Waals surface area (Å²) in [5.41, 5.74) is 0. The lowest BCUT2D eigenvalue weighted by molar-refractivity contribution is -0.126. The first-order chi connectivity index (χ1) is 12.5.